The minimum atomic E-state index is 0.0903. The number of benzene rings is 11. The second-order valence-corrected chi connectivity index (χ2v) is 20.3. The predicted molar refractivity (Wildman–Crippen MR) is 324 cm³/mol. The summed E-state index contributed by atoms with van der Waals surface area (Å²) in [6.45, 7) is 15.4. The van der Waals surface area contributed by atoms with E-state index >= 15 is 0 Å². The number of furan rings is 1. The van der Waals surface area contributed by atoms with E-state index in [4.69, 9.17) is 4.42 Å². The van der Waals surface area contributed by atoms with E-state index in [2.05, 4.69) is 246 Å². The van der Waals surface area contributed by atoms with Crippen LogP contribution in [0.25, 0.3) is 82.1 Å². The molecule has 0 aliphatic rings. The monoisotopic (exact) mass is 984 g/mol. The normalized spacial score (nSPS) is 12.1. The summed E-state index contributed by atoms with van der Waals surface area (Å²) < 4.78 is 7.22. The van der Waals surface area contributed by atoms with Crippen molar-refractivity contribution in [2.45, 2.75) is 53.4 Å². The highest BCUT2D eigenvalue weighted by atomic mass is 16.3. The third-order valence-electron chi connectivity index (χ3n) is 15.3. The summed E-state index contributed by atoms with van der Waals surface area (Å²) in [4.78, 5) is 4.37. The molecule has 12 aromatic rings. The number of fused-ring (bicyclic) bond motifs is 3. The van der Waals surface area contributed by atoms with Crippen molar-refractivity contribution in [3.8, 4) is 22.3 Å². The Morgan fingerprint density at radius 3 is 1.88 bits per heavy atom. The Labute approximate surface area is 445 Å². The molecule has 0 saturated heterocycles. The standard InChI is InChI=1S/C72H60N2O2/c1-7-49-21-9-11-28-58(49)55-25-15-24-54(44-55)48(6)20-14-34-68(75)74(56-26-13-19-47(5)43-56)66-42-38-52-35-39-63-65(41-37-51-36-40-64(66)70(52)69(51)63)73(57-27-16-23-53(45-57)46(3)4)67-33-18-32-62-61-31-17-30-60(71(61)76-72(62)67)59-29-12-10-22-50(59)8-2/h9-46,75H,6-8H2,1-5H3/b20-14-,68-34-. The van der Waals surface area contributed by atoms with Gasteiger partial charge in [0.2, 0.25) is 0 Å². The van der Waals surface area contributed by atoms with Crippen LogP contribution in [0.4, 0.5) is 28.4 Å². The van der Waals surface area contributed by atoms with E-state index in [1.165, 1.54) is 27.8 Å². The van der Waals surface area contributed by atoms with Gasteiger partial charge in [-0.15, -0.1) is 0 Å². The fourth-order valence-corrected chi connectivity index (χ4v) is 11.5. The molecule has 0 bridgehead atoms. The third-order valence-corrected chi connectivity index (χ3v) is 15.3. The second kappa shape index (κ2) is 20.0. The van der Waals surface area contributed by atoms with Crippen LogP contribution < -0.4 is 9.80 Å². The highest BCUT2D eigenvalue weighted by Gasteiger charge is 2.26. The molecule has 0 radical (unpaired) electrons. The second-order valence-electron chi connectivity index (χ2n) is 20.3. The van der Waals surface area contributed by atoms with Crippen molar-refractivity contribution < 1.29 is 9.52 Å². The number of anilines is 5. The minimum Gasteiger partial charge on any atom is -0.494 e. The van der Waals surface area contributed by atoms with Crippen molar-refractivity contribution in [1.82, 2.24) is 0 Å². The summed E-state index contributed by atoms with van der Waals surface area (Å²) in [5, 5.41) is 21.2. The lowest BCUT2D eigenvalue weighted by molar-refractivity contribution is 0.403. The Hall–Kier alpha value is -9.12. The first-order valence-corrected chi connectivity index (χ1v) is 26.6. The molecule has 11 aromatic carbocycles. The number of para-hydroxylation sites is 2. The van der Waals surface area contributed by atoms with Crippen LogP contribution in [0.3, 0.4) is 0 Å². The third kappa shape index (κ3) is 8.46. The van der Waals surface area contributed by atoms with Crippen molar-refractivity contribution in [2.24, 2.45) is 0 Å². The molecule has 4 heteroatoms. The number of aliphatic hydroxyl groups excluding tert-OH is 1. The number of hydrogen-bond acceptors (Lipinski definition) is 4. The van der Waals surface area contributed by atoms with Gasteiger partial charge in [-0.2, -0.15) is 0 Å². The molecule has 0 atom stereocenters. The maximum absolute atomic E-state index is 12.4. The Morgan fingerprint density at radius 1 is 0.539 bits per heavy atom. The van der Waals surface area contributed by atoms with Gasteiger partial charge in [-0.25, -0.2) is 0 Å². The molecular formula is C72H60N2O2. The van der Waals surface area contributed by atoms with E-state index in [-0.39, 0.29) is 5.88 Å². The van der Waals surface area contributed by atoms with Crippen LogP contribution >= 0.6 is 0 Å². The van der Waals surface area contributed by atoms with E-state index in [1.807, 2.05) is 23.1 Å². The smallest absolute Gasteiger partial charge is 0.196 e. The van der Waals surface area contributed by atoms with Crippen molar-refractivity contribution in [1.29, 1.82) is 0 Å². The molecule has 1 N–H and O–H groups in total. The van der Waals surface area contributed by atoms with E-state index in [0.717, 1.165) is 123 Å². The van der Waals surface area contributed by atoms with Crippen LogP contribution in [0.15, 0.2) is 241 Å². The fourth-order valence-electron chi connectivity index (χ4n) is 11.5. The summed E-state index contributed by atoms with van der Waals surface area (Å²) in [5.41, 5.74) is 18.0. The lowest BCUT2D eigenvalue weighted by atomic mass is 9.91. The van der Waals surface area contributed by atoms with Gasteiger partial charge < -0.3 is 14.4 Å². The van der Waals surface area contributed by atoms with Gasteiger partial charge in [0, 0.05) is 38.5 Å². The predicted octanol–water partition coefficient (Wildman–Crippen LogP) is 20.7. The molecular weight excluding hydrogens is 925 g/mol. The van der Waals surface area contributed by atoms with Crippen molar-refractivity contribution >= 4 is 88.3 Å². The topological polar surface area (TPSA) is 39.9 Å². The molecule has 0 amide bonds. The van der Waals surface area contributed by atoms with Crippen LogP contribution in [-0.2, 0) is 12.8 Å². The van der Waals surface area contributed by atoms with Gasteiger partial charge in [0.05, 0.1) is 17.1 Å². The Kier molecular flexibility index (Phi) is 12.6. The highest BCUT2D eigenvalue weighted by Crippen LogP contribution is 2.50. The molecule has 0 fully saturated rings. The minimum absolute atomic E-state index is 0.0903. The van der Waals surface area contributed by atoms with Gasteiger partial charge in [-0.05, 0) is 152 Å². The van der Waals surface area contributed by atoms with Gasteiger partial charge >= 0.3 is 0 Å². The van der Waals surface area contributed by atoms with E-state index in [0.29, 0.717) is 5.92 Å². The first kappa shape index (κ1) is 47.9. The van der Waals surface area contributed by atoms with Crippen molar-refractivity contribution in [3.05, 3.63) is 265 Å². The molecule has 76 heavy (non-hydrogen) atoms. The van der Waals surface area contributed by atoms with E-state index in [9.17, 15) is 5.11 Å². The van der Waals surface area contributed by atoms with Crippen LogP contribution in [-0.4, -0.2) is 5.11 Å². The Bertz CT molecular complexity index is 4240. The number of hydrogen-bond donors (Lipinski definition) is 1. The number of rotatable bonds is 14. The fraction of sp³-hybridized carbons (Fsp3) is 0.111. The average molecular weight is 985 g/mol. The summed E-state index contributed by atoms with van der Waals surface area (Å²) in [6, 6.07) is 73.9. The zero-order valence-corrected chi connectivity index (χ0v) is 43.8. The van der Waals surface area contributed by atoms with Crippen molar-refractivity contribution in [3.63, 3.8) is 0 Å². The van der Waals surface area contributed by atoms with E-state index in [1.54, 1.807) is 6.08 Å². The molecule has 0 aliphatic carbocycles. The van der Waals surface area contributed by atoms with Gasteiger partial charge in [-0.1, -0.05) is 204 Å². The first-order chi connectivity index (χ1) is 37.2. The Morgan fingerprint density at radius 2 is 1.14 bits per heavy atom. The van der Waals surface area contributed by atoms with Crippen LogP contribution in [0.5, 0.6) is 0 Å². The zero-order valence-electron chi connectivity index (χ0n) is 43.8. The largest absolute Gasteiger partial charge is 0.494 e. The highest BCUT2D eigenvalue weighted by molar-refractivity contribution is 6.28. The number of allylic oxidation sites excluding steroid dienone is 4. The van der Waals surface area contributed by atoms with Crippen LogP contribution in [0, 0.1) is 6.92 Å². The molecule has 1 aromatic heterocycles. The molecule has 12 rings (SSSR count). The van der Waals surface area contributed by atoms with Crippen LogP contribution in [0.1, 0.15) is 61.4 Å². The molecule has 0 saturated carbocycles. The Balaban J connectivity index is 1.01. The van der Waals surface area contributed by atoms with Gasteiger partial charge in [-0.3, -0.25) is 4.90 Å². The van der Waals surface area contributed by atoms with Crippen LogP contribution in [0.2, 0.25) is 0 Å². The molecule has 370 valence electrons. The molecule has 0 aliphatic heterocycles. The van der Waals surface area contributed by atoms with Gasteiger partial charge in [0.15, 0.2) is 11.5 Å². The number of aliphatic hydroxyl groups is 1. The molecule has 4 nitrogen and oxygen atoms in total. The average Bonchev–Trinajstić information content (AvgIpc) is 4.00. The number of aryl methyl sites for hydroxylation is 3. The lowest BCUT2D eigenvalue weighted by Gasteiger charge is -2.29. The van der Waals surface area contributed by atoms with Gasteiger partial charge in [0.1, 0.15) is 5.58 Å². The summed E-state index contributed by atoms with van der Waals surface area (Å²) in [5.74, 6) is 0.416. The quantitative estimate of drug-likeness (QED) is 0.0670. The lowest BCUT2D eigenvalue weighted by Crippen LogP contribution is -2.16. The SMILES string of the molecule is C=C(/C=C\C=C(/O)N(c1cccc(C)c1)c1ccc2ccc3c(N(c4cccc(C(C)C)c4)c4cccc5c4oc4c(-c6ccccc6CC)cccc45)ccc4ccc1c2c43)c1cccc(-c2ccccc2CC)c1. The summed E-state index contributed by atoms with van der Waals surface area (Å²) in [6.07, 6.45) is 7.52. The maximum Gasteiger partial charge on any atom is 0.196 e. The first-order valence-electron chi connectivity index (χ1n) is 26.6. The summed E-state index contributed by atoms with van der Waals surface area (Å²) in [7, 11) is 0. The molecule has 0 unspecified atom stereocenters. The number of nitrogens with zero attached hydrogens (tertiary/aromatic N) is 2. The zero-order chi connectivity index (χ0) is 52.0. The summed E-state index contributed by atoms with van der Waals surface area (Å²) >= 11 is 0. The maximum atomic E-state index is 12.4. The van der Waals surface area contributed by atoms with Gasteiger partial charge in [0.25, 0.3) is 0 Å². The van der Waals surface area contributed by atoms with Crippen molar-refractivity contribution in [2.75, 3.05) is 9.80 Å². The van der Waals surface area contributed by atoms with E-state index < -0.39 is 0 Å². The molecule has 1 heterocycles. The molecule has 0 spiro atoms.